The monoisotopic (exact) mass is 848 g/mol. The Kier molecular flexibility index (Phi) is 49.1. The molecule has 0 aromatic rings. The number of carbonyl (C=O) groups excluding carboxylic acids is 2. The maximum atomic E-state index is 12.4. The summed E-state index contributed by atoms with van der Waals surface area (Å²) < 4.78 is 5.48. The summed E-state index contributed by atoms with van der Waals surface area (Å²) in [5.41, 5.74) is 0. The number of nitrogens with one attached hydrogen (secondary N) is 1. The van der Waals surface area contributed by atoms with E-state index in [2.05, 4.69) is 19.2 Å². The molecule has 0 radical (unpaired) electrons. The highest BCUT2D eigenvalue weighted by molar-refractivity contribution is 5.76. The van der Waals surface area contributed by atoms with Gasteiger partial charge in [0.2, 0.25) is 5.91 Å². The van der Waals surface area contributed by atoms with Crippen molar-refractivity contribution in [2.45, 2.75) is 309 Å². The second-order valence-corrected chi connectivity index (χ2v) is 18.6. The first-order chi connectivity index (χ1) is 29.5. The van der Waals surface area contributed by atoms with E-state index in [0.717, 1.165) is 44.9 Å². The molecule has 0 saturated heterocycles. The highest BCUT2D eigenvalue weighted by Gasteiger charge is 2.18. The average molecular weight is 848 g/mol. The van der Waals surface area contributed by atoms with Crippen molar-refractivity contribution < 1.29 is 24.5 Å². The maximum absolute atomic E-state index is 12.4. The number of unbranched alkanes of at least 4 members (excludes halogenated alkanes) is 39. The second kappa shape index (κ2) is 50.2. The predicted molar refractivity (Wildman–Crippen MR) is 260 cm³/mol. The molecule has 0 heterocycles. The Balaban J connectivity index is 3.42. The van der Waals surface area contributed by atoms with Crippen LogP contribution in [-0.2, 0) is 14.3 Å². The minimum Gasteiger partial charge on any atom is -0.466 e. The minimum atomic E-state index is -0.846. The molecule has 0 spiro atoms. The largest absolute Gasteiger partial charge is 0.466 e. The third-order valence-electron chi connectivity index (χ3n) is 12.6. The van der Waals surface area contributed by atoms with E-state index in [-0.39, 0.29) is 18.5 Å². The molecular formula is C54H105NO5. The summed E-state index contributed by atoms with van der Waals surface area (Å²) >= 11 is 0. The topological polar surface area (TPSA) is 95.9 Å². The fourth-order valence-electron chi connectivity index (χ4n) is 8.40. The van der Waals surface area contributed by atoms with Crippen molar-refractivity contribution in [2.75, 3.05) is 13.2 Å². The Morgan fingerprint density at radius 1 is 0.450 bits per heavy atom. The number of amides is 1. The Hall–Kier alpha value is -1.40. The average Bonchev–Trinajstić information content (AvgIpc) is 3.25. The molecule has 0 saturated carbocycles. The maximum Gasteiger partial charge on any atom is 0.305 e. The van der Waals surface area contributed by atoms with Crippen LogP contribution in [0.1, 0.15) is 296 Å². The number of aliphatic hydroxyl groups excluding tert-OH is 2. The quantitative estimate of drug-likeness (QED) is 0.0322. The molecule has 0 aromatic heterocycles. The van der Waals surface area contributed by atoms with E-state index in [1.807, 2.05) is 6.08 Å². The van der Waals surface area contributed by atoms with E-state index < -0.39 is 12.1 Å². The van der Waals surface area contributed by atoms with Crippen LogP contribution >= 0.6 is 0 Å². The van der Waals surface area contributed by atoms with Gasteiger partial charge in [-0.05, 0) is 32.1 Å². The molecule has 0 fully saturated rings. The Labute approximate surface area is 374 Å². The van der Waals surface area contributed by atoms with Crippen molar-refractivity contribution >= 4 is 11.9 Å². The first kappa shape index (κ1) is 58.6. The van der Waals surface area contributed by atoms with Crippen LogP contribution < -0.4 is 5.32 Å². The Bertz CT molecular complexity index is 893. The van der Waals surface area contributed by atoms with Crippen LogP contribution in [0.4, 0.5) is 0 Å². The summed E-state index contributed by atoms with van der Waals surface area (Å²) in [7, 11) is 0. The molecule has 0 rings (SSSR count). The van der Waals surface area contributed by atoms with Crippen molar-refractivity contribution in [1.29, 1.82) is 0 Å². The van der Waals surface area contributed by atoms with Gasteiger partial charge in [0.1, 0.15) is 0 Å². The van der Waals surface area contributed by atoms with Crippen LogP contribution in [0, 0.1) is 0 Å². The summed E-state index contributed by atoms with van der Waals surface area (Å²) in [6, 6.07) is -0.631. The number of hydrogen-bond donors (Lipinski definition) is 3. The summed E-state index contributed by atoms with van der Waals surface area (Å²) in [6.07, 6.45) is 57.9. The van der Waals surface area contributed by atoms with E-state index in [4.69, 9.17) is 4.74 Å². The number of esters is 1. The van der Waals surface area contributed by atoms with Gasteiger partial charge in [-0.25, -0.2) is 0 Å². The van der Waals surface area contributed by atoms with Crippen molar-refractivity contribution in [3.8, 4) is 0 Å². The van der Waals surface area contributed by atoms with E-state index >= 15 is 0 Å². The molecular weight excluding hydrogens is 743 g/mol. The van der Waals surface area contributed by atoms with Gasteiger partial charge in [-0.15, -0.1) is 0 Å². The SMILES string of the molecule is CCCCCCCCCCCC/C=C/C(O)C(CO)NC(=O)CCCCCCCCCCCCCCCCCCOC(=O)CCCCCCCCCCCCCCCCC. The number of hydrogen-bond acceptors (Lipinski definition) is 5. The lowest BCUT2D eigenvalue weighted by Crippen LogP contribution is -2.45. The number of aliphatic hydroxyl groups is 2. The Morgan fingerprint density at radius 3 is 1.13 bits per heavy atom. The molecule has 0 aliphatic carbocycles. The van der Waals surface area contributed by atoms with E-state index in [0.29, 0.717) is 19.4 Å². The van der Waals surface area contributed by atoms with Crippen molar-refractivity contribution in [3.63, 3.8) is 0 Å². The van der Waals surface area contributed by atoms with Gasteiger partial charge in [0.15, 0.2) is 0 Å². The highest BCUT2D eigenvalue weighted by atomic mass is 16.5. The van der Waals surface area contributed by atoms with Gasteiger partial charge in [-0.3, -0.25) is 9.59 Å². The van der Waals surface area contributed by atoms with E-state index in [1.165, 1.54) is 225 Å². The molecule has 2 unspecified atom stereocenters. The summed E-state index contributed by atoms with van der Waals surface area (Å²) in [6.45, 7) is 4.89. The fraction of sp³-hybridized carbons (Fsp3) is 0.926. The van der Waals surface area contributed by atoms with Crippen LogP contribution in [0.2, 0.25) is 0 Å². The number of carbonyl (C=O) groups is 2. The fourth-order valence-corrected chi connectivity index (χ4v) is 8.40. The van der Waals surface area contributed by atoms with Crippen LogP contribution in [0.5, 0.6) is 0 Å². The molecule has 1 amide bonds. The van der Waals surface area contributed by atoms with Gasteiger partial charge in [-0.2, -0.15) is 0 Å². The third-order valence-corrected chi connectivity index (χ3v) is 12.6. The lowest BCUT2D eigenvalue weighted by Gasteiger charge is -2.20. The summed E-state index contributed by atoms with van der Waals surface area (Å²) in [4.78, 5) is 24.4. The summed E-state index contributed by atoms with van der Waals surface area (Å²) in [5, 5.41) is 23.0. The van der Waals surface area contributed by atoms with E-state index in [1.54, 1.807) is 6.08 Å². The van der Waals surface area contributed by atoms with E-state index in [9.17, 15) is 19.8 Å². The smallest absolute Gasteiger partial charge is 0.305 e. The summed E-state index contributed by atoms with van der Waals surface area (Å²) in [5.74, 6) is -0.0694. The molecule has 0 bridgehead atoms. The second-order valence-electron chi connectivity index (χ2n) is 18.6. The molecule has 0 aromatic carbocycles. The van der Waals surface area contributed by atoms with Crippen molar-refractivity contribution in [3.05, 3.63) is 12.2 Å². The van der Waals surface area contributed by atoms with Gasteiger partial charge in [0, 0.05) is 12.8 Å². The standard InChI is InChI=1S/C54H105NO5/c1-3-5-7-9-11-13-15-17-20-24-28-32-36-40-44-48-54(59)60-49-45-41-37-33-29-25-22-19-18-21-23-27-31-35-39-43-47-53(58)55-51(50-56)52(57)46-42-38-34-30-26-16-14-12-10-8-6-4-2/h42,46,51-52,56-57H,3-41,43-45,47-50H2,1-2H3,(H,55,58)/b46-42+. The molecule has 6 heteroatoms. The minimum absolute atomic E-state index is 0.00511. The molecule has 0 aliphatic rings. The molecule has 2 atom stereocenters. The van der Waals surface area contributed by atoms with Crippen molar-refractivity contribution in [1.82, 2.24) is 5.32 Å². The van der Waals surface area contributed by atoms with Crippen molar-refractivity contribution in [2.24, 2.45) is 0 Å². The predicted octanol–water partition coefficient (Wildman–Crippen LogP) is 16.1. The number of ether oxygens (including phenoxy) is 1. The first-order valence-electron chi connectivity index (χ1n) is 27.0. The normalized spacial score (nSPS) is 12.7. The Morgan fingerprint density at radius 2 is 0.767 bits per heavy atom. The van der Waals surface area contributed by atoms with Crippen LogP contribution in [0.25, 0.3) is 0 Å². The molecule has 3 N–H and O–H groups in total. The molecule has 356 valence electrons. The van der Waals surface area contributed by atoms with Gasteiger partial charge in [0.25, 0.3) is 0 Å². The molecule has 60 heavy (non-hydrogen) atoms. The van der Waals surface area contributed by atoms with Crippen LogP contribution in [0.15, 0.2) is 12.2 Å². The van der Waals surface area contributed by atoms with Crippen LogP contribution in [0.3, 0.4) is 0 Å². The first-order valence-corrected chi connectivity index (χ1v) is 27.0. The van der Waals surface area contributed by atoms with Gasteiger partial charge >= 0.3 is 5.97 Å². The zero-order chi connectivity index (χ0) is 43.7. The molecule has 0 aliphatic heterocycles. The lowest BCUT2D eigenvalue weighted by molar-refractivity contribution is -0.143. The van der Waals surface area contributed by atoms with Gasteiger partial charge in [0.05, 0.1) is 25.4 Å². The van der Waals surface area contributed by atoms with Crippen LogP contribution in [-0.4, -0.2) is 47.4 Å². The molecule has 6 nitrogen and oxygen atoms in total. The van der Waals surface area contributed by atoms with Gasteiger partial charge < -0.3 is 20.3 Å². The number of allylic oxidation sites excluding steroid dienone is 1. The third kappa shape index (κ3) is 46.1. The lowest BCUT2D eigenvalue weighted by atomic mass is 10.0. The van der Waals surface area contributed by atoms with Gasteiger partial charge in [-0.1, -0.05) is 264 Å². The zero-order valence-corrected chi connectivity index (χ0v) is 40.5. The highest BCUT2D eigenvalue weighted by Crippen LogP contribution is 2.17. The zero-order valence-electron chi connectivity index (χ0n) is 40.5. The number of rotatable bonds is 50.